The molecule has 3 aliphatic rings. The number of carboxylic acids is 1. The van der Waals surface area contributed by atoms with Crippen LogP contribution in [0.15, 0.2) is 74.3 Å². The van der Waals surface area contributed by atoms with Crippen LogP contribution in [0, 0.1) is 0 Å². The first kappa shape index (κ1) is 31.3. The SMILES string of the molecule is CCCC[N+](CCCC)=c1ccc2c(-c3ccccc3C(=O)O)c3c(=O)oc4cc5c(cc4c3oc-2c1)C(C)=CC(C)(C)N5CC. The maximum Gasteiger partial charge on any atom is 0.348 e. The van der Waals surface area contributed by atoms with E-state index in [0.29, 0.717) is 39.0 Å². The summed E-state index contributed by atoms with van der Waals surface area (Å²) >= 11 is 0. The van der Waals surface area contributed by atoms with Crippen molar-refractivity contribution in [3.05, 3.63) is 87.6 Å². The Kier molecular flexibility index (Phi) is 8.36. The molecule has 1 aromatic heterocycles. The number of carboxylic acid groups (broad SMARTS) is 1. The zero-order valence-corrected chi connectivity index (χ0v) is 27.7. The van der Waals surface area contributed by atoms with E-state index in [4.69, 9.17) is 8.83 Å². The van der Waals surface area contributed by atoms with Crippen LogP contribution in [0.2, 0.25) is 0 Å². The van der Waals surface area contributed by atoms with E-state index < -0.39 is 11.6 Å². The Hall–Kier alpha value is -4.65. The quantitative estimate of drug-likeness (QED) is 0.0772. The summed E-state index contributed by atoms with van der Waals surface area (Å²) in [7, 11) is 0. The van der Waals surface area contributed by atoms with E-state index in [1.54, 1.807) is 24.3 Å². The van der Waals surface area contributed by atoms with Gasteiger partial charge in [0.15, 0.2) is 5.58 Å². The molecular formula is C39H43N2O5+. The third-order valence-corrected chi connectivity index (χ3v) is 9.33. The monoisotopic (exact) mass is 619 g/mol. The number of aromatic carboxylic acids is 1. The van der Waals surface area contributed by atoms with Gasteiger partial charge in [-0.3, -0.25) is 0 Å². The second kappa shape index (κ2) is 12.3. The van der Waals surface area contributed by atoms with Gasteiger partial charge in [-0.1, -0.05) is 51.0 Å². The molecule has 46 heavy (non-hydrogen) atoms. The molecule has 1 N–H and O–H groups in total. The van der Waals surface area contributed by atoms with Gasteiger partial charge >= 0.3 is 11.6 Å². The van der Waals surface area contributed by atoms with Gasteiger partial charge in [-0.25, -0.2) is 14.2 Å². The number of carbonyl (C=O) groups is 1. The molecule has 238 valence electrons. The second-order valence-electron chi connectivity index (χ2n) is 12.9. The Labute approximate surface area is 269 Å². The predicted octanol–water partition coefficient (Wildman–Crippen LogP) is 8.40. The number of likely N-dealkylation sites (N-methyl/N-ethyl adjacent to an activating group) is 1. The van der Waals surface area contributed by atoms with Crippen molar-refractivity contribution in [1.82, 2.24) is 4.58 Å². The molecule has 0 atom stereocenters. The number of nitrogens with zero attached hydrogens (tertiary/aromatic N) is 2. The predicted molar refractivity (Wildman–Crippen MR) is 187 cm³/mol. The lowest BCUT2D eigenvalue weighted by molar-refractivity contribution is 0.0697. The van der Waals surface area contributed by atoms with E-state index in [2.05, 4.69) is 69.2 Å². The first-order valence-electron chi connectivity index (χ1n) is 16.5. The topological polar surface area (TPSA) is 86.9 Å². The average Bonchev–Trinajstić information content (AvgIpc) is 3.03. The molecule has 6 rings (SSSR count). The molecule has 0 spiro atoms. The fourth-order valence-electron chi connectivity index (χ4n) is 7.12. The highest BCUT2D eigenvalue weighted by Gasteiger charge is 2.32. The summed E-state index contributed by atoms with van der Waals surface area (Å²) in [4.78, 5) is 28.8. The van der Waals surface area contributed by atoms with E-state index in [0.717, 1.165) is 67.5 Å². The van der Waals surface area contributed by atoms with Crippen molar-refractivity contribution in [2.24, 2.45) is 0 Å². The fourth-order valence-corrected chi connectivity index (χ4v) is 7.12. The summed E-state index contributed by atoms with van der Waals surface area (Å²) in [6, 6.07) is 16.9. The molecule has 0 unspecified atom stereocenters. The van der Waals surface area contributed by atoms with Crippen molar-refractivity contribution in [1.29, 1.82) is 0 Å². The molecule has 0 saturated heterocycles. The number of hydrogen-bond donors (Lipinski definition) is 1. The van der Waals surface area contributed by atoms with Gasteiger partial charge in [0, 0.05) is 53.9 Å². The third-order valence-electron chi connectivity index (χ3n) is 9.33. The Balaban J connectivity index is 1.77. The van der Waals surface area contributed by atoms with E-state index >= 15 is 0 Å². The summed E-state index contributed by atoms with van der Waals surface area (Å²) in [6.45, 7) is 15.6. The standard InChI is InChI=1S/C39H42N2O5/c1-7-10-18-40(19-11-8-2)25-16-17-28-32(20-25)45-36-30-21-29-24(4)23-39(5,6)41(9-3)31(29)22-33(30)46-38(44)35(36)34(28)26-14-12-13-15-27(26)37(42)43/h12-17,20-23H,7-11,18-19H2,1-6H3/p+1. The molecule has 1 aliphatic carbocycles. The first-order valence-corrected chi connectivity index (χ1v) is 16.5. The van der Waals surface area contributed by atoms with Crippen LogP contribution < -0.4 is 20.5 Å². The highest BCUT2D eigenvalue weighted by molar-refractivity contribution is 6.13. The van der Waals surface area contributed by atoms with Crippen LogP contribution >= 0.6 is 0 Å². The average molecular weight is 620 g/mol. The van der Waals surface area contributed by atoms with Crippen molar-refractivity contribution < 1.29 is 18.7 Å². The van der Waals surface area contributed by atoms with Crippen LogP contribution in [0.3, 0.4) is 0 Å². The Morgan fingerprint density at radius 2 is 1.63 bits per heavy atom. The van der Waals surface area contributed by atoms with Gasteiger partial charge in [-0.15, -0.1) is 0 Å². The molecule has 0 bridgehead atoms. The van der Waals surface area contributed by atoms with Crippen LogP contribution in [0.5, 0.6) is 0 Å². The molecule has 7 heteroatoms. The van der Waals surface area contributed by atoms with Gasteiger partial charge in [0.05, 0.1) is 22.6 Å². The maximum atomic E-state index is 14.0. The molecule has 0 fully saturated rings. The van der Waals surface area contributed by atoms with E-state index in [1.807, 2.05) is 18.2 Å². The number of rotatable bonds is 9. The van der Waals surface area contributed by atoms with E-state index in [9.17, 15) is 14.7 Å². The van der Waals surface area contributed by atoms with Gasteiger partial charge in [-0.05, 0) is 57.0 Å². The van der Waals surface area contributed by atoms with Crippen LogP contribution in [0.4, 0.5) is 5.69 Å². The summed E-state index contributed by atoms with van der Waals surface area (Å²) in [5.41, 5.74) is 4.96. The minimum Gasteiger partial charge on any atom is -0.478 e. The normalized spacial score (nSPS) is 14.1. The maximum absolute atomic E-state index is 14.0. The van der Waals surface area contributed by atoms with Crippen LogP contribution in [0.25, 0.3) is 50.0 Å². The zero-order chi connectivity index (χ0) is 32.7. The number of anilines is 1. The molecule has 3 heterocycles. The van der Waals surface area contributed by atoms with Crippen molar-refractivity contribution in [2.75, 3.05) is 24.5 Å². The van der Waals surface area contributed by atoms with Crippen LogP contribution in [0.1, 0.15) is 83.1 Å². The lowest BCUT2D eigenvalue weighted by atomic mass is 9.87. The summed E-state index contributed by atoms with van der Waals surface area (Å²) in [6.07, 6.45) is 6.59. The summed E-state index contributed by atoms with van der Waals surface area (Å²) < 4.78 is 15.2. The molecule has 0 saturated carbocycles. The minimum atomic E-state index is -1.07. The van der Waals surface area contributed by atoms with Gasteiger partial charge in [-0.2, -0.15) is 0 Å². The number of hydrogen-bond acceptors (Lipinski definition) is 5. The van der Waals surface area contributed by atoms with Crippen molar-refractivity contribution in [2.45, 2.75) is 72.8 Å². The molecular weight excluding hydrogens is 576 g/mol. The lowest BCUT2D eigenvalue weighted by Gasteiger charge is -2.42. The number of allylic oxidation sites excluding steroid dienone is 1. The number of benzene rings is 3. The van der Waals surface area contributed by atoms with E-state index in [-0.39, 0.29) is 16.5 Å². The first-order chi connectivity index (χ1) is 22.1. The van der Waals surface area contributed by atoms with Gasteiger partial charge in [0.1, 0.15) is 29.8 Å². The Bertz CT molecular complexity index is 2100. The van der Waals surface area contributed by atoms with Crippen molar-refractivity contribution >= 4 is 39.2 Å². The van der Waals surface area contributed by atoms with E-state index in [1.165, 1.54) is 0 Å². The highest BCUT2D eigenvalue weighted by Crippen LogP contribution is 2.45. The van der Waals surface area contributed by atoms with Gasteiger partial charge in [0.25, 0.3) is 0 Å². The molecule has 0 radical (unpaired) electrons. The number of unbranched alkanes of at least 4 members (excludes halogenated alkanes) is 2. The Morgan fingerprint density at radius 3 is 2.30 bits per heavy atom. The zero-order valence-electron chi connectivity index (χ0n) is 27.7. The van der Waals surface area contributed by atoms with Crippen molar-refractivity contribution in [3.63, 3.8) is 0 Å². The molecule has 2 aromatic carbocycles. The smallest absolute Gasteiger partial charge is 0.348 e. The highest BCUT2D eigenvalue weighted by atomic mass is 16.4. The van der Waals surface area contributed by atoms with Gasteiger partial charge < -0.3 is 18.8 Å². The minimum absolute atomic E-state index is 0.109. The lowest BCUT2D eigenvalue weighted by Crippen LogP contribution is -2.44. The summed E-state index contributed by atoms with van der Waals surface area (Å²) in [5.74, 6) is -0.478. The third kappa shape index (κ3) is 5.31. The summed E-state index contributed by atoms with van der Waals surface area (Å²) in [5, 5.41) is 12.2. The van der Waals surface area contributed by atoms with Crippen LogP contribution in [-0.2, 0) is 0 Å². The second-order valence-corrected chi connectivity index (χ2v) is 12.9. The Morgan fingerprint density at radius 1 is 0.913 bits per heavy atom. The van der Waals surface area contributed by atoms with Crippen molar-refractivity contribution in [3.8, 4) is 22.5 Å². The largest absolute Gasteiger partial charge is 0.478 e. The molecule has 7 nitrogen and oxygen atoms in total. The number of fused-ring (bicyclic) bond motifs is 5. The molecule has 2 aliphatic heterocycles. The molecule has 0 amide bonds. The van der Waals surface area contributed by atoms with Crippen LogP contribution in [-0.4, -0.2) is 36.2 Å². The molecule has 3 aromatic rings. The van der Waals surface area contributed by atoms with Gasteiger partial charge in [0.2, 0.25) is 5.36 Å². The fraction of sp³-hybridized carbons (Fsp3) is 0.359.